The molecule has 1 aliphatic heterocycles. The Morgan fingerprint density at radius 2 is 2.07 bits per heavy atom. The van der Waals surface area contributed by atoms with Gasteiger partial charge in [0.2, 0.25) is 0 Å². The van der Waals surface area contributed by atoms with Gasteiger partial charge in [-0.2, -0.15) is 0 Å². The molecule has 1 amide bonds. The van der Waals surface area contributed by atoms with Gasteiger partial charge in [-0.1, -0.05) is 24.3 Å². The lowest BCUT2D eigenvalue weighted by atomic mass is 9.76. The van der Waals surface area contributed by atoms with E-state index in [1.165, 1.54) is 6.07 Å². The second-order valence-electron chi connectivity index (χ2n) is 7.23. The zero-order valence-corrected chi connectivity index (χ0v) is 15.2. The number of carbonyl (C=O) groups excluding carboxylic acids is 1. The molecule has 0 aromatic heterocycles. The van der Waals surface area contributed by atoms with Crippen molar-refractivity contribution in [2.24, 2.45) is 5.92 Å². The van der Waals surface area contributed by atoms with Crippen LogP contribution in [0.1, 0.15) is 46.3 Å². The Hall–Kier alpha value is -3.15. The van der Waals surface area contributed by atoms with Gasteiger partial charge in [-0.05, 0) is 53.8 Å². The third kappa shape index (κ3) is 3.50. The molecule has 2 aromatic rings. The van der Waals surface area contributed by atoms with Crippen LogP contribution in [0.15, 0.2) is 54.6 Å². The van der Waals surface area contributed by atoms with Gasteiger partial charge in [-0.15, -0.1) is 0 Å². The van der Waals surface area contributed by atoms with Gasteiger partial charge < -0.3 is 15.7 Å². The fourth-order valence-corrected chi connectivity index (χ4v) is 4.15. The van der Waals surface area contributed by atoms with E-state index in [9.17, 15) is 14.0 Å². The van der Waals surface area contributed by atoms with Gasteiger partial charge in [0.15, 0.2) is 0 Å². The fraction of sp³-hybridized carbons (Fsp3) is 0.273. The zero-order chi connectivity index (χ0) is 19.7. The van der Waals surface area contributed by atoms with Crippen LogP contribution in [0.5, 0.6) is 0 Å². The van der Waals surface area contributed by atoms with Crippen molar-refractivity contribution < 1.29 is 19.1 Å². The highest BCUT2D eigenvalue weighted by Gasteiger charge is 2.38. The third-order valence-electron chi connectivity index (χ3n) is 5.46. The van der Waals surface area contributed by atoms with Crippen LogP contribution < -0.4 is 10.6 Å². The number of anilines is 1. The minimum absolute atomic E-state index is 0.00144. The maximum absolute atomic E-state index is 13.7. The van der Waals surface area contributed by atoms with E-state index >= 15 is 0 Å². The van der Waals surface area contributed by atoms with Crippen molar-refractivity contribution in [1.29, 1.82) is 0 Å². The molecule has 0 fully saturated rings. The number of rotatable bonds is 5. The van der Waals surface area contributed by atoms with Crippen LogP contribution in [-0.4, -0.2) is 23.5 Å². The second kappa shape index (κ2) is 7.46. The first-order chi connectivity index (χ1) is 13.5. The number of hydrogen-bond donors (Lipinski definition) is 3. The fourth-order valence-electron chi connectivity index (χ4n) is 4.15. The maximum Gasteiger partial charge on any atom is 0.305 e. The van der Waals surface area contributed by atoms with Crippen molar-refractivity contribution in [2.75, 3.05) is 11.9 Å². The van der Waals surface area contributed by atoms with E-state index in [2.05, 4.69) is 22.8 Å². The quantitative estimate of drug-likeness (QED) is 0.689. The molecule has 1 aliphatic carbocycles. The molecular weight excluding hydrogens is 359 g/mol. The van der Waals surface area contributed by atoms with Crippen molar-refractivity contribution in [3.05, 3.63) is 77.1 Å². The third-order valence-corrected chi connectivity index (χ3v) is 5.46. The SMILES string of the molecule is O=C(O)CCNC(=O)c1ccc2c(c1)[C@@H]1C=CC[C@H]1[C@H](c1cccc(F)c1)N2. The van der Waals surface area contributed by atoms with Crippen molar-refractivity contribution in [1.82, 2.24) is 5.32 Å². The van der Waals surface area contributed by atoms with E-state index in [-0.39, 0.29) is 42.6 Å². The van der Waals surface area contributed by atoms with Crippen LogP contribution in [0.2, 0.25) is 0 Å². The normalized spacial score (nSPS) is 22.1. The first kappa shape index (κ1) is 18.2. The molecule has 3 N–H and O–H groups in total. The summed E-state index contributed by atoms with van der Waals surface area (Å²) in [6.45, 7) is 0.0943. The van der Waals surface area contributed by atoms with Gasteiger partial charge in [0.05, 0.1) is 12.5 Å². The Morgan fingerprint density at radius 3 is 2.86 bits per heavy atom. The summed E-state index contributed by atoms with van der Waals surface area (Å²) >= 11 is 0. The van der Waals surface area contributed by atoms with E-state index in [4.69, 9.17) is 5.11 Å². The van der Waals surface area contributed by atoms with Crippen LogP contribution >= 0.6 is 0 Å². The van der Waals surface area contributed by atoms with Crippen LogP contribution in [0.25, 0.3) is 0 Å². The molecule has 1 heterocycles. The van der Waals surface area contributed by atoms with Gasteiger partial charge >= 0.3 is 5.97 Å². The Balaban J connectivity index is 1.60. The Morgan fingerprint density at radius 1 is 1.21 bits per heavy atom. The van der Waals surface area contributed by atoms with E-state index in [1.54, 1.807) is 18.2 Å². The molecule has 0 unspecified atom stereocenters. The number of carbonyl (C=O) groups is 2. The molecule has 0 bridgehead atoms. The van der Waals surface area contributed by atoms with Crippen LogP contribution in [-0.2, 0) is 4.79 Å². The summed E-state index contributed by atoms with van der Waals surface area (Å²) in [6.07, 6.45) is 5.06. The van der Waals surface area contributed by atoms with Crippen LogP contribution in [0.4, 0.5) is 10.1 Å². The highest BCUT2D eigenvalue weighted by atomic mass is 19.1. The van der Waals surface area contributed by atoms with Gasteiger partial charge in [-0.3, -0.25) is 9.59 Å². The van der Waals surface area contributed by atoms with Crippen molar-refractivity contribution >= 4 is 17.6 Å². The number of carboxylic acid groups (broad SMARTS) is 1. The number of benzene rings is 2. The van der Waals surface area contributed by atoms with Gasteiger partial charge in [0, 0.05) is 23.7 Å². The molecule has 28 heavy (non-hydrogen) atoms. The summed E-state index contributed by atoms with van der Waals surface area (Å²) in [7, 11) is 0. The summed E-state index contributed by atoms with van der Waals surface area (Å²) in [5, 5.41) is 14.9. The second-order valence-corrected chi connectivity index (χ2v) is 7.23. The smallest absolute Gasteiger partial charge is 0.305 e. The van der Waals surface area contributed by atoms with E-state index in [0.29, 0.717) is 5.56 Å². The number of halogens is 1. The zero-order valence-electron chi connectivity index (χ0n) is 15.2. The topological polar surface area (TPSA) is 78.4 Å². The molecule has 0 spiro atoms. The van der Waals surface area contributed by atoms with Gasteiger partial charge in [0.25, 0.3) is 5.91 Å². The minimum atomic E-state index is -0.947. The molecule has 0 saturated heterocycles. The molecule has 5 nitrogen and oxygen atoms in total. The molecular formula is C22H21FN2O3. The maximum atomic E-state index is 13.7. The predicted octanol–water partition coefficient (Wildman–Crippen LogP) is 3.86. The molecule has 4 rings (SSSR count). The minimum Gasteiger partial charge on any atom is -0.481 e. The van der Waals surface area contributed by atoms with Crippen molar-refractivity contribution in [3.63, 3.8) is 0 Å². The molecule has 6 heteroatoms. The van der Waals surface area contributed by atoms with E-state index in [1.807, 2.05) is 18.2 Å². The standard InChI is InChI=1S/C22H21FN2O3/c23-15-4-1-3-13(11-15)21-17-6-2-5-16(17)18-12-14(7-8-19(18)25-21)22(28)24-10-9-20(26)27/h1-5,7-8,11-12,16-17,21,25H,6,9-10H2,(H,24,28)(H,26,27)/t16-,17-,21+/m1/s1. The van der Waals surface area contributed by atoms with Crippen molar-refractivity contribution in [2.45, 2.75) is 24.8 Å². The molecule has 2 aromatic carbocycles. The number of carboxylic acids is 1. The number of allylic oxidation sites excluding steroid dienone is 2. The number of fused-ring (bicyclic) bond motifs is 3. The summed E-state index contributed by atoms with van der Waals surface area (Å²) in [6, 6.07) is 12.1. The average molecular weight is 380 g/mol. The summed E-state index contributed by atoms with van der Waals surface area (Å²) in [5.41, 5.74) is 3.40. The molecule has 144 valence electrons. The number of aliphatic carboxylic acids is 1. The monoisotopic (exact) mass is 380 g/mol. The number of amides is 1. The summed E-state index contributed by atoms with van der Waals surface area (Å²) < 4.78 is 13.7. The highest BCUT2D eigenvalue weighted by Crippen LogP contribution is 2.49. The molecule has 0 radical (unpaired) electrons. The average Bonchev–Trinajstić information content (AvgIpc) is 3.16. The van der Waals surface area contributed by atoms with Crippen molar-refractivity contribution in [3.8, 4) is 0 Å². The Kier molecular flexibility index (Phi) is 4.86. The lowest BCUT2D eigenvalue weighted by Gasteiger charge is -2.37. The van der Waals surface area contributed by atoms with Gasteiger partial charge in [-0.25, -0.2) is 4.39 Å². The molecule has 2 aliphatic rings. The number of hydrogen-bond acceptors (Lipinski definition) is 3. The van der Waals surface area contributed by atoms with Gasteiger partial charge in [0.1, 0.15) is 5.82 Å². The van der Waals surface area contributed by atoms with E-state index < -0.39 is 5.97 Å². The summed E-state index contributed by atoms with van der Waals surface area (Å²) in [5.74, 6) is -1.08. The first-order valence-electron chi connectivity index (χ1n) is 9.35. The van der Waals surface area contributed by atoms with Crippen LogP contribution in [0, 0.1) is 11.7 Å². The molecule has 3 atom stereocenters. The Labute approximate surface area is 162 Å². The lowest BCUT2D eigenvalue weighted by molar-refractivity contribution is -0.136. The molecule has 0 saturated carbocycles. The lowest BCUT2D eigenvalue weighted by Crippen LogP contribution is -2.30. The predicted molar refractivity (Wildman–Crippen MR) is 104 cm³/mol. The first-order valence-corrected chi connectivity index (χ1v) is 9.35. The number of nitrogens with one attached hydrogen (secondary N) is 2. The Bertz CT molecular complexity index is 957. The highest BCUT2D eigenvalue weighted by molar-refractivity contribution is 5.95. The van der Waals surface area contributed by atoms with E-state index in [0.717, 1.165) is 23.2 Å². The summed E-state index contributed by atoms with van der Waals surface area (Å²) in [4.78, 5) is 23.0. The largest absolute Gasteiger partial charge is 0.481 e. The van der Waals surface area contributed by atoms with Crippen LogP contribution in [0.3, 0.4) is 0 Å².